The van der Waals surface area contributed by atoms with Crippen molar-refractivity contribution in [2.24, 2.45) is 0 Å². The lowest BCUT2D eigenvalue weighted by atomic mass is 10.1. The van der Waals surface area contributed by atoms with Gasteiger partial charge in [0.2, 0.25) is 15.9 Å². The number of anilines is 2. The van der Waals surface area contributed by atoms with E-state index in [1.807, 2.05) is 0 Å². The maximum absolute atomic E-state index is 12.6. The quantitative estimate of drug-likeness (QED) is 0.704. The fourth-order valence-corrected chi connectivity index (χ4v) is 3.95. The van der Waals surface area contributed by atoms with Gasteiger partial charge in [-0.2, -0.15) is 0 Å². The molecule has 144 valence electrons. The van der Waals surface area contributed by atoms with Crippen molar-refractivity contribution >= 4 is 56.3 Å². The molecule has 27 heavy (non-hydrogen) atoms. The molecule has 2 rings (SSSR count). The second-order valence-corrected chi connectivity index (χ2v) is 8.63. The Morgan fingerprint density at radius 2 is 1.74 bits per heavy atom. The molecule has 9 heteroatoms. The minimum absolute atomic E-state index is 0.146. The van der Waals surface area contributed by atoms with E-state index in [2.05, 4.69) is 5.32 Å². The van der Waals surface area contributed by atoms with Gasteiger partial charge in [0.25, 0.3) is 0 Å². The van der Waals surface area contributed by atoms with Crippen molar-refractivity contribution in [3.8, 4) is 0 Å². The Balaban J connectivity index is 2.33. The van der Waals surface area contributed by atoms with Crippen molar-refractivity contribution in [1.82, 2.24) is 0 Å². The number of ketones is 1. The molecule has 0 aliphatic carbocycles. The van der Waals surface area contributed by atoms with Gasteiger partial charge in [-0.1, -0.05) is 35.3 Å². The average Bonchev–Trinajstić information content (AvgIpc) is 2.57. The van der Waals surface area contributed by atoms with Crippen molar-refractivity contribution in [2.45, 2.75) is 19.9 Å². The number of benzene rings is 2. The first-order valence-electron chi connectivity index (χ1n) is 7.87. The molecule has 1 unspecified atom stereocenters. The molecule has 0 radical (unpaired) electrons. The Bertz CT molecular complexity index is 993. The van der Waals surface area contributed by atoms with Gasteiger partial charge in [0.15, 0.2) is 5.78 Å². The van der Waals surface area contributed by atoms with E-state index >= 15 is 0 Å². The van der Waals surface area contributed by atoms with Gasteiger partial charge in [0.05, 0.1) is 22.0 Å². The number of nitrogens with one attached hydrogen (secondary N) is 1. The summed E-state index contributed by atoms with van der Waals surface area (Å²) in [6.45, 7) is 2.87. The maximum Gasteiger partial charge on any atom is 0.247 e. The molecule has 0 heterocycles. The van der Waals surface area contributed by atoms with Crippen LogP contribution in [0.15, 0.2) is 42.5 Å². The Kier molecular flexibility index (Phi) is 6.51. The Morgan fingerprint density at radius 3 is 2.30 bits per heavy atom. The first kappa shape index (κ1) is 21.2. The highest BCUT2D eigenvalue weighted by Crippen LogP contribution is 2.30. The number of halogens is 2. The number of amides is 1. The maximum atomic E-state index is 12.6. The van der Waals surface area contributed by atoms with E-state index in [9.17, 15) is 18.0 Å². The van der Waals surface area contributed by atoms with Crippen LogP contribution in [0.1, 0.15) is 24.2 Å². The molecule has 1 amide bonds. The fourth-order valence-electron chi connectivity index (χ4n) is 2.49. The number of nitrogens with zero attached hydrogens (tertiary/aromatic N) is 1. The van der Waals surface area contributed by atoms with Gasteiger partial charge in [-0.05, 0) is 44.2 Å². The third-order valence-corrected chi connectivity index (χ3v) is 5.76. The van der Waals surface area contributed by atoms with E-state index in [0.717, 1.165) is 10.6 Å². The molecular weight excluding hydrogens is 411 g/mol. The number of rotatable bonds is 6. The smallest absolute Gasteiger partial charge is 0.247 e. The summed E-state index contributed by atoms with van der Waals surface area (Å²) in [6.07, 6.45) is 0.996. The van der Waals surface area contributed by atoms with Crippen LogP contribution in [0.5, 0.6) is 0 Å². The summed E-state index contributed by atoms with van der Waals surface area (Å²) in [5, 5.41) is 3.07. The molecule has 0 bridgehead atoms. The van der Waals surface area contributed by atoms with Gasteiger partial charge < -0.3 is 5.32 Å². The minimum atomic E-state index is -3.79. The zero-order valence-electron chi connectivity index (χ0n) is 14.9. The standard InChI is InChI=1S/C18H18Cl2N2O4S/c1-11(18(24)21-14-6-4-5-13(9-14)12(2)23)22(27(3,25)26)15-7-8-16(19)17(20)10-15/h4-11H,1-3H3,(H,21,24). The molecule has 0 spiro atoms. The molecule has 0 aromatic heterocycles. The molecule has 0 fully saturated rings. The van der Waals surface area contributed by atoms with Crippen LogP contribution in [0.4, 0.5) is 11.4 Å². The first-order valence-corrected chi connectivity index (χ1v) is 10.5. The van der Waals surface area contributed by atoms with E-state index in [0.29, 0.717) is 11.3 Å². The third-order valence-electron chi connectivity index (χ3n) is 3.78. The Morgan fingerprint density at radius 1 is 1.07 bits per heavy atom. The van der Waals surface area contributed by atoms with Crippen LogP contribution in [-0.4, -0.2) is 32.4 Å². The number of hydrogen-bond acceptors (Lipinski definition) is 4. The van der Waals surface area contributed by atoms with E-state index in [1.54, 1.807) is 18.2 Å². The Labute approximate surface area is 168 Å². The van der Waals surface area contributed by atoms with Crippen LogP contribution in [0.2, 0.25) is 10.0 Å². The summed E-state index contributed by atoms with van der Waals surface area (Å²) in [7, 11) is -3.79. The lowest BCUT2D eigenvalue weighted by Crippen LogP contribution is -2.45. The van der Waals surface area contributed by atoms with Crippen molar-refractivity contribution < 1.29 is 18.0 Å². The zero-order valence-corrected chi connectivity index (χ0v) is 17.2. The second-order valence-electron chi connectivity index (χ2n) is 5.96. The summed E-state index contributed by atoms with van der Waals surface area (Å²) in [4.78, 5) is 24.1. The van der Waals surface area contributed by atoms with E-state index in [1.165, 1.54) is 38.1 Å². The SMILES string of the molecule is CC(=O)c1cccc(NC(=O)C(C)N(c2ccc(Cl)c(Cl)c2)S(C)(=O)=O)c1. The number of Topliss-reactive ketones (excluding diaryl/α,β-unsaturated/α-hetero) is 1. The summed E-state index contributed by atoms with van der Waals surface area (Å²) >= 11 is 11.9. The summed E-state index contributed by atoms with van der Waals surface area (Å²) in [6, 6.07) is 9.62. The molecule has 1 atom stereocenters. The normalized spacial score (nSPS) is 12.3. The molecule has 1 N–H and O–H groups in total. The number of hydrogen-bond donors (Lipinski definition) is 1. The number of carbonyl (C=O) groups is 2. The van der Waals surface area contributed by atoms with Crippen molar-refractivity contribution in [3.05, 3.63) is 58.1 Å². The van der Waals surface area contributed by atoms with Crippen molar-refractivity contribution in [2.75, 3.05) is 15.9 Å². The first-order chi connectivity index (χ1) is 12.5. The van der Waals surface area contributed by atoms with E-state index < -0.39 is 22.0 Å². The molecule has 0 aliphatic rings. The highest BCUT2D eigenvalue weighted by molar-refractivity contribution is 7.92. The van der Waals surface area contributed by atoms with Crippen molar-refractivity contribution in [3.63, 3.8) is 0 Å². The zero-order chi connectivity index (χ0) is 20.4. The lowest BCUT2D eigenvalue weighted by Gasteiger charge is -2.28. The fraction of sp³-hybridized carbons (Fsp3) is 0.222. The molecule has 2 aromatic carbocycles. The van der Waals surface area contributed by atoms with Crippen LogP contribution >= 0.6 is 23.2 Å². The van der Waals surface area contributed by atoms with Gasteiger partial charge in [0, 0.05) is 11.3 Å². The van der Waals surface area contributed by atoms with E-state index in [4.69, 9.17) is 23.2 Å². The second kappa shape index (κ2) is 8.29. The minimum Gasteiger partial charge on any atom is -0.324 e. The highest BCUT2D eigenvalue weighted by Gasteiger charge is 2.29. The van der Waals surface area contributed by atoms with Crippen LogP contribution in [0.25, 0.3) is 0 Å². The highest BCUT2D eigenvalue weighted by atomic mass is 35.5. The van der Waals surface area contributed by atoms with Gasteiger partial charge in [-0.25, -0.2) is 8.42 Å². The largest absolute Gasteiger partial charge is 0.324 e. The van der Waals surface area contributed by atoms with Gasteiger partial charge in [0.1, 0.15) is 6.04 Å². The molecule has 2 aromatic rings. The van der Waals surface area contributed by atoms with Crippen LogP contribution < -0.4 is 9.62 Å². The average molecular weight is 429 g/mol. The molecule has 0 saturated carbocycles. The van der Waals surface area contributed by atoms with Gasteiger partial charge in [-0.3, -0.25) is 13.9 Å². The molecule has 6 nitrogen and oxygen atoms in total. The lowest BCUT2D eigenvalue weighted by molar-refractivity contribution is -0.116. The van der Waals surface area contributed by atoms with E-state index in [-0.39, 0.29) is 21.5 Å². The van der Waals surface area contributed by atoms with Crippen LogP contribution in [0.3, 0.4) is 0 Å². The van der Waals surface area contributed by atoms with Crippen LogP contribution in [-0.2, 0) is 14.8 Å². The number of sulfonamides is 1. The number of carbonyl (C=O) groups excluding carboxylic acids is 2. The predicted octanol–water partition coefficient (Wildman–Crippen LogP) is 3.99. The van der Waals surface area contributed by atoms with Gasteiger partial charge >= 0.3 is 0 Å². The summed E-state index contributed by atoms with van der Waals surface area (Å²) in [5.41, 5.74) is 1.04. The molecule has 0 aliphatic heterocycles. The molecular formula is C18H18Cl2N2O4S. The van der Waals surface area contributed by atoms with Crippen molar-refractivity contribution in [1.29, 1.82) is 0 Å². The van der Waals surface area contributed by atoms with Gasteiger partial charge in [-0.15, -0.1) is 0 Å². The Hall–Kier alpha value is -2.09. The monoisotopic (exact) mass is 428 g/mol. The third kappa shape index (κ3) is 5.22. The summed E-state index contributed by atoms with van der Waals surface area (Å²) in [5.74, 6) is -0.708. The predicted molar refractivity (Wildman–Crippen MR) is 108 cm³/mol. The molecule has 0 saturated heterocycles. The topological polar surface area (TPSA) is 83.6 Å². The summed E-state index contributed by atoms with van der Waals surface area (Å²) < 4.78 is 25.5. The van der Waals surface area contributed by atoms with Crippen LogP contribution in [0, 0.1) is 0 Å².